The van der Waals surface area contributed by atoms with Crippen LogP contribution < -0.4 is 9.47 Å². The Morgan fingerprint density at radius 1 is 1.06 bits per heavy atom. The summed E-state index contributed by atoms with van der Waals surface area (Å²) in [6, 6.07) is 7.38. The molecule has 0 unspecified atom stereocenters. The van der Waals surface area contributed by atoms with Crippen molar-refractivity contribution in [1.82, 2.24) is 9.97 Å². The number of hydrogen-bond acceptors (Lipinski definition) is 4. The Morgan fingerprint density at radius 3 is 2.44 bits per heavy atom. The van der Waals surface area contributed by atoms with Gasteiger partial charge in [-0.15, -0.1) is 0 Å². The molecule has 0 radical (unpaired) electrons. The Labute approximate surface area is 93.9 Å². The SMILES string of the molecule is CCOc1ccc(Oc2cnccn2)cc1. The Bertz CT molecular complexity index is 429. The van der Waals surface area contributed by atoms with Crippen LogP contribution in [0.25, 0.3) is 0 Å². The van der Waals surface area contributed by atoms with Crippen molar-refractivity contribution in [2.24, 2.45) is 0 Å². The lowest BCUT2D eigenvalue weighted by Crippen LogP contribution is -1.91. The minimum Gasteiger partial charge on any atom is -0.494 e. The van der Waals surface area contributed by atoms with Gasteiger partial charge in [0.05, 0.1) is 12.8 Å². The van der Waals surface area contributed by atoms with Crippen molar-refractivity contribution in [2.75, 3.05) is 6.61 Å². The Hall–Kier alpha value is -2.10. The predicted octanol–water partition coefficient (Wildman–Crippen LogP) is 2.67. The molecule has 1 aromatic carbocycles. The molecule has 1 aromatic heterocycles. The van der Waals surface area contributed by atoms with E-state index in [-0.39, 0.29) is 0 Å². The van der Waals surface area contributed by atoms with Gasteiger partial charge in [0.15, 0.2) is 0 Å². The second kappa shape index (κ2) is 5.11. The van der Waals surface area contributed by atoms with Crippen LogP contribution in [0.4, 0.5) is 0 Å². The number of ether oxygens (including phenoxy) is 2. The van der Waals surface area contributed by atoms with Gasteiger partial charge in [0, 0.05) is 12.4 Å². The molecular formula is C12H12N2O2. The molecule has 4 heteroatoms. The molecule has 0 aliphatic rings. The van der Waals surface area contributed by atoms with Crippen LogP contribution in [-0.4, -0.2) is 16.6 Å². The van der Waals surface area contributed by atoms with Gasteiger partial charge in [-0.1, -0.05) is 0 Å². The molecule has 4 nitrogen and oxygen atoms in total. The van der Waals surface area contributed by atoms with E-state index >= 15 is 0 Å². The van der Waals surface area contributed by atoms with Gasteiger partial charge in [0.2, 0.25) is 5.88 Å². The van der Waals surface area contributed by atoms with E-state index in [1.54, 1.807) is 18.6 Å². The van der Waals surface area contributed by atoms with Crippen molar-refractivity contribution in [3.63, 3.8) is 0 Å². The summed E-state index contributed by atoms with van der Waals surface area (Å²) in [5.41, 5.74) is 0. The number of hydrogen-bond donors (Lipinski definition) is 0. The summed E-state index contributed by atoms with van der Waals surface area (Å²) in [6.45, 7) is 2.61. The van der Waals surface area contributed by atoms with Gasteiger partial charge < -0.3 is 9.47 Å². The van der Waals surface area contributed by atoms with Crippen LogP contribution in [-0.2, 0) is 0 Å². The third-order valence-corrected chi connectivity index (χ3v) is 1.90. The molecule has 0 N–H and O–H groups in total. The summed E-state index contributed by atoms with van der Waals surface area (Å²) in [4.78, 5) is 7.93. The molecule has 0 atom stereocenters. The maximum atomic E-state index is 5.48. The van der Waals surface area contributed by atoms with E-state index in [9.17, 15) is 0 Å². The van der Waals surface area contributed by atoms with Gasteiger partial charge in [-0.25, -0.2) is 4.98 Å². The average Bonchev–Trinajstić information content (AvgIpc) is 2.33. The molecule has 0 bridgehead atoms. The van der Waals surface area contributed by atoms with Gasteiger partial charge in [-0.2, -0.15) is 0 Å². The zero-order valence-electron chi connectivity index (χ0n) is 8.96. The van der Waals surface area contributed by atoms with E-state index in [4.69, 9.17) is 9.47 Å². The summed E-state index contributed by atoms with van der Waals surface area (Å²) in [5.74, 6) is 2.02. The van der Waals surface area contributed by atoms with Crippen LogP contribution >= 0.6 is 0 Å². The predicted molar refractivity (Wildman–Crippen MR) is 59.7 cm³/mol. The molecule has 2 aromatic rings. The van der Waals surface area contributed by atoms with E-state index in [0.717, 1.165) is 5.75 Å². The first-order valence-corrected chi connectivity index (χ1v) is 5.05. The van der Waals surface area contributed by atoms with Crippen LogP contribution in [0.2, 0.25) is 0 Å². The highest BCUT2D eigenvalue weighted by atomic mass is 16.5. The zero-order valence-corrected chi connectivity index (χ0v) is 8.96. The molecule has 1 heterocycles. The highest BCUT2D eigenvalue weighted by molar-refractivity contribution is 5.33. The van der Waals surface area contributed by atoms with Crippen LogP contribution in [0.3, 0.4) is 0 Å². The summed E-state index contributed by atoms with van der Waals surface area (Å²) in [6.07, 6.45) is 4.76. The first-order chi connectivity index (χ1) is 7.88. The van der Waals surface area contributed by atoms with Gasteiger partial charge in [0.1, 0.15) is 11.5 Å². The second-order valence-corrected chi connectivity index (χ2v) is 3.05. The lowest BCUT2D eigenvalue weighted by molar-refractivity contribution is 0.339. The van der Waals surface area contributed by atoms with E-state index in [2.05, 4.69) is 9.97 Å². The largest absolute Gasteiger partial charge is 0.494 e. The molecule has 0 aliphatic carbocycles. The van der Waals surface area contributed by atoms with Crippen molar-refractivity contribution < 1.29 is 9.47 Å². The standard InChI is InChI=1S/C12H12N2O2/c1-2-15-10-3-5-11(6-4-10)16-12-9-13-7-8-14-12/h3-9H,2H2,1H3. The molecule has 0 aliphatic heterocycles. The summed E-state index contributed by atoms with van der Waals surface area (Å²) in [7, 11) is 0. The molecule has 0 spiro atoms. The van der Waals surface area contributed by atoms with Crippen LogP contribution in [0, 0.1) is 0 Å². The summed E-state index contributed by atoms with van der Waals surface area (Å²) in [5, 5.41) is 0. The molecule has 0 amide bonds. The Balaban J connectivity index is 2.05. The van der Waals surface area contributed by atoms with Crippen molar-refractivity contribution in [3.05, 3.63) is 42.9 Å². The van der Waals surface area contributed by atoms with Crippen LogP contribution in [0.5, 0.6) is 17.4 Å². The van der Waals surface area contributed by atoms with Crippen molar-refractivity contribution in [3.8, 4) is 17.4 Å². The van der Waals surface area contributed by atoms with Crippen molar-refractivity contribution in [2.45, 2.75) is 6.92 Å². The normalized spacial score (nSPS) is 9.81. The molecule has 0 saturated carbocycles. The minimum atomic E-state index is 0.478. The van der Waals surface area contributed by atoms with E-state index in [0.29, 0.717) is 18.2 Å². The highest BCUT2D eigenvalue weighted by Crippen LogP contribution is 2.21. The van der Waals surface area contributed by atoms with Gasteiger partial charge in [0.25, 0.3) is 0 Å². The van der Waals surface area contributed by atoms with E-state index in [1.165, 1.54) is 0 Å². The third-order valence-electron chi connectivity index (χ3n) is 1.90. The number of aromatic nitrogens is 2. The highest BCUT2D eigenvalue weighted by Gasteiger charge is 1.98. The first-order valence-electron chi connectivity index (χ1n) is 5.05. The zero-order chi connectivity index (χ0) is 11.2. The fourth-order valence-electron chi connectivity index (χ4n) is 1.23. The first kappa shape index (κ1) is 10.4. The summed E-state index contributed by atoms with van der Waals surface area (Å²) < 4.78 is 10.8. The van der Waals surface area contributed by atoms with Gasteiger partial charge in [-0.3, -0.25) is 4.98 Å². The van der Waals surface area contributed by atoms with E-state index in [1.807, 2.05) is 31.2 Å². The number of nitrogens with zero attached hydrogens (tertiary/aromatic N) is 2. The minimum absolute atomic E-state index is 0.478. The number of benzene rings is 1. The van der Waals surface area contributed by atoms with E-state index < -0.39 is 0 Å². The molecule has 16 heavy (non-hydrogen) atoms. The molecule has 82 valence electrons. The van der Waals surface area contributed by atoms with Crippen LogP contribution in [0.15, 0.2) is 42.9 Å². The van der Waals surface area contributed by atoms with Gasteiger partial charge in [-0.05, 0) is 31.2 Å². The maximum Gasteiger partial charge on any atom is 0.237 e. The second-order valence-electron chi connectivity index (χ2n) is 3.05. The lowest BCUT2D eigenvalue weighted by atomic mass is 10.3. The molecular weight excluding hydrogens is 204 g/mol. The average molecular weight is 216 g/mol. The maximum absolute atomic E-state index is 5.48. The fourth-order valence-corrected chi connectivity index (χ4v) is 1.23. The molecule has 0 fully saturated rings. The van der Waals surface area contributed by atoms with Gasteiger partial charge >= 0.3 is 0 Å². The molecule has 2 rings (SSSR count). The van der Waals surface area contributed by atoms with Crippen LogP contribution in [0.1, 0.15) is 6.92 Å². The smallest absolute Gasteiger partial charge is 0.237 e. The Morgan fingerprint density at radius 2 is 1.81 bits per heavy atom. The monoisotopic (exact) mass is 216 g/mol. The lowest BCUT2D eigenvalue weighted by Gasteiger charge is -2.05. The molecule has 0 saturated heterocycles. The Kier molecular flexibility index (Phi) is 3.33. The number of rotatable bonds is 4. The fraction of sp³-hybridized carbons (Fsp3) is 0.167. The topological polar surface area (TPSA) is 44.2 Å². The quantitative estimate of drug-likeness (QED) is 0.788. The van der Waals surface area contributed by atoms with Crippen molar-refractivity contribution in [1.29, 1.82) is 0 Å². The summed E-state index contributed by atoms with van der Waals surface area (Å²) >= 11 is 0. The van der Waals surface area contributed by atoms with Crippen molar-refractivity contribution >= 4 is 0 Å². The third kappa shape index (κ3) is 2.70.